The van der Waals surface area contributed by atoms with Gasteiger partial charge in [-0.05, 0) is 39.3 Å². The second kappa shape index (κ2) is 9.73. The Hall–Kier alpha value is -2.09. The van der Waals surface area contributed by atoms with Gasteiger partial charge in [0.2, 0.25) is 5.91 Å². The first-order chi connectivity index (χ1) is 12.5. The van der Waals surface area contributed by atoms with Crippen LogP contribution < -0.4 is 10.6 Å². The van der Waals surface area contributed by atoms with Crippen LogP contribution in [0.1, 0.15) is 34.1 Å². The van der Waals surface area contributed by atoms with Crippen molar-refractivity contribution in [3.63, 3.8) is 0 Å². The minimum atomic E-state index is -3.41. The Morgan fingerprint density at radius 2 is 1.81 bits per heavy atom. The van der Waals surface area contributed by atoms with E-state index in [0.717, 1.165) is 0 Å². The highest BCUT2D eigenvalue weighted by molar-refractivity contribution is 7.91. The number of hydrogen-bond acceptors (Lipinski definition) is 4. The molecule has 0 radical (unpaired) electrons. The van der Waals surface area contributed by atoms with Crippen LogP contribution in [0.15, 0.2) is 40.2 Å². The molecule has 1 aromatic carbocycles. The van der Waals surface area contributed by atoms with Gasteiger partial charge in [-0.2, -0.15) is 0 Å². The van der Waals surface area contributed by atoms with Gasteiger partial charge in [-0.3, -0.25) is 9.79 Å². The van der Waals surface area contributed by atoms with E-state index in [9.17, 15) is 13.2 Å². The van der Waals surface area contributed by atoms with Crippen molar-refractivity contribution in [2.24, 2.45) is 4.99 Å². The van der Waals surface area contributed by atoms with Gasteiger partial charge < -0.3 is 15.5 Å². The molecule has 2 N–H and O–H groups in total. The van der Waals surface area contributed by atoms with Gasteiger partial charge in [0, 0.05) is 25.7 Å². The second-order valence-corrected chi connectivity index (χ2v) is 9.58. The summed E-state index contributed by atoms with van der Waals surface area (Å²) in [6, 6.07) is 8.08. The first-order valence-electron chi connectivity index (χ1n) is 9.01. The van der Waals surface area contributed by atoms with E-state index in [-0.39, 0.29) is 29.8 Å². The summed E-state index contributed by atoms with van der Waals surface area (Å²) in [4.78, 5) is 18.3. The van der Waals surface area contributed by atoms with Crippen LogP contribution >= 0.6 is 0 Å². The molecule has 0 bridgehead atoms. The van der Waals surface area contributed by atoms with Crippen molar-refractivity contribution in [3.8, 4) is 0 Å². The van der Waals surface area contributed by atoms with Crippen LogP contribution in [0.2, 0.25) is 0 Å². The van der Waals surface area contributed by atoms with Gasteiger partial charge in [0.15, 0.2) is 15.8 Å². The van der Waals surface area contributed by atoms with E-state index >= 15 is 0 Å². The largest absolute Gasteiger partial charge is 0.352 e. The van der Waals surface area contributed by atoms with Crippen LogP contribution in [0.4, 0.5) is 0 Å². The molecule has 27 heavy (non-hydrogen) atoms. The fraction of sp³-hybridized carbons (Fsp3) is 0.579. The van der Waals surface area contributed by atoms with Crippen LogP contribution in [-0.2, 0) is 14.6 Å². The maximum absolute atomic E-state index is 12.6. The lowest BCUT2D eigenvalue weighted by atomic mass is 10.1. The van der Waals surface area contributed by atoms with Gasteiger partial charge in [-0.25, -0.2) is 8.42 Å². The topological polar surface area (TPSA) is 90.9 Å². The maximum atomic E-state index is 12.6. The van der Waals surface area contributed by atoms with Crippen LogP contribution in [0, 0.1) is 0 Å². The van der Waals surface area contributed by atoms with Crippen molar-refractivity contribution in [2.75, 3.05) is 26.4 Å². The monoisotopic (exact) mass is 396 g/mol. The molecular formula is C19H32N4O3S. The van der Waals surface area contributed by atoms with Gasteiger partial charge in [0.05, 0.1) is 17.2 Å². The van der Waals surface area contributed by atoms with Gasteiger partial charge in [0.1, 0.15) is 0 Å². The molecule has 1 unspecified atom stereocenters. The van der Waals surface area contributed by atoms with E-state index in [2.05, 4.69) is 15.6 Å². The van der Waals surface area contributed by atoms with Crippen molar-refractivity contribution in [1.82, 2.24) is 15.5 Å². The van der Waals surface area contributed by atoms with E-state index in [1.54, 1.807) is 49.3 Å². The van der Waals surface area contributed by atoms with Gasteiger partial charge in [-0.1, -0.05) is 25.1 Å². The molecule has 0 aliphatic rings. The van der Waals surface area contributed by atoms with Crippen molar-refractivity contribution in [3.05, 3.63) is 30.3 Å². The lowest BCUT2D eigenvalue weighted by Gasteiger charge is -2.27. The number of guanidine groups is 1. The molecule has 1 aromatic rings. The maximum Gasteiger partial charge on any atom is 0.240 e. The van der Waals surface area contributed by atoms with Crippen LogP contribution in [0.5, 0.6) is 0 Å². The van der Waals surface area contributed by atoms with E-state index in [0.29, 0.717) is 17.3 Å². The molecule has 0 aliphatic carbocycles. The van der Waals surface area contributed by atoms with Crippen molar-refractivity contribution < 1.29 is 13.2 Å². The Kier molecular flexibility index (Phi) is 8.27. The van der Waals surface area contributed by atoms with Crippen LogP contribution in [0.3, 0.4) is 0 Å². The summed E-state index contributed by atoms with van der Waals surface area (Å²) in [6.07, 6.45) is 0.604. The number of sulfone groups is 1. The van der Waals surface area contributed by atoms with Crippen molar-refractivity contribution in [2.45, 2.75) is 50.6 Å². The molecular weight excluding hydrogens is 364 g/mol. The molecule has 0 saturated heterocycles. The number of likely N-dealkylation sites (N-methyl/N-ethyl adjacent to an activating group) is 1. The Labute approximate surface area is 163 Å². The van der Waals surface area contributed by atoms with E-state index in [1.807, 2.05) is 27.7 Å². The number of amides is 1. The van der Waals surface area contributed by atoms with Gasteiger partial charge in [-0.15, -0.1) is 0 Å². The van der Waals surface area contributed by atoms with E-state index in [1.165, 1.54) is 0 Å². The minimum absolute atomic E-state index is 0.0471. The van der Waals surface area contributed by atoms with Crippen molar-refractivity contribution in [1.29, 1.82) is 0 Å². The normalized spacial score (nSPS) is 13.8. The Morgan fingerprint density at radius 3 is 2.30 bits per heavy atom. The lowest BCUT2D eigenvalue weighted by Crippen LogP contribution is -2.51. The number of rotatable bonds is 7. The molecule has 1 amide bonds. The number of nitrogens with one attached hydrogen (secondary N) is 2. The van der Waals surface area contributed by atoms with Gasteiger partial charge >= 0.3 is 0 Å². The smallest absolute Gasteiger partial charge is 0.240 e. The van der Waals surface area contributed by atoms with Crippen LogP contribution in [0.25, 0.3) is 0 Å². The zero-order valence-corrected chi connectivity index (χ0v) is 17.9. The summed E-state index contributed by atoms with van der Waals surface area (Å²) in [6.45, 7) is 7.79. The summed E-state index contributed by atoms with van der Waals surface area (Å²) in [5, 5.41) is 6.06. The summed E-state index contributed by atoms with van der Waals surface area (Å²) in [5.41, 5.74) is -0.315. The molecule has 152 valence electrons. The average Bonchev–Trinajstić information content (AvgIpc) is 2.57. The average molecular weight is 397 g/mol. The fourth-order valence-corrected chi connectivity index (χ4v) is 4.14. The number of carbonyl (C=O) groups excluding carboxylic acids is 1. The lowest BCUT2D eigenvalue weighted by molar-refractivity contribution is -0.122. The molecule has 0 saturated carbocycles. The molecule has 0 aliphatic heterocycles. The number of benzene rings is 1. The molecule has 7 nitrogen and oxygen atoms in total. The predicted octanol–water partition coefficient (Wildman–Crippen LogP) is 1.66. The number of carbonyl (C=O) groups is 1. The predicted molar refractivity (Wildman–Crippen MR) is 110 cm³/mol. The molecule has 1 rings (SSSR count). The standard InChI is InChI=1S/C19H32N4O3S/c1-7-15(14-27(25,26)16-11-9-8-10-12-16)21-18(20-5)23(6)13-17(24)22-19(2,3)4/h8-12,15H,7,13-14H2,1-6H3,(H,20,21)(H,22,24). The molecule has 0 spiro atoms. The zero-order chi connectivity index (χ0) is 20.7. The second-order valence-electron chi connectivity index (χ2n) is 7.55. The number of hydrogen-bond donors (Lipinski definition) is 2. The summed E-state index contributed by atoms with van der Waals surface area (Å²) < 4.78 is 25.2. The minimum Gasteiger partial charge on any atom is -0.352 e. The Bertz CT molecular complexity index is 740. The van der Waals surface area contributed by atoms with Crippen LogP contribution in [-0.4, -0.2) is 63.2 Å². The third-order valence-corrected chi connectivity index (χ3v) is 5.65. The zero-order valence-electron chi connectivity index (χ0n) is 17.1. The highest BCUT2D eigenvalue weighted by atomic mass is 32.2. The summed E-state index contributed by atoms with van der Waals surface area (Å²) >= 11 is 0. The molecule has 1 atom stereocenters. The highest BCUT2D eigenvalue weighted by Gasteiger charge is 2.23. The first kappa shape index (κ1) is 23.0. The molecule has 8 heteroatoms. The third-order valence-electron chi connectivity index (χ3n) is 3.82. The first-order valence-corrected chi connectivity index (χ1v) is 10.7. The number of nitrogens with zero attached hydrogens (tertiary/aromatic N) is 2. The fourth-order valence-electron chi connectivity index (χ4n) is 2.53. The van der Waals surface area contributed by atoms with Crippen molar-refractivity contribution >= 4 is 21.7 Å². The third kappa shape index (κ3) is 7.99. The highest BCUT2D eigenvalue weighted by Crippen LogP contribution is 2.12. The summed E-state index contributed by atoms with van der Waals surface area (Å²) in [5.74, 6) is 0.307. The van der Waals surface area contributed by atoms with E-state index < -0.39 is 9.84 Å². The Morgan fingerprint density at radius 1 is 1.22 bits per heavy atom. The molecule has 0 aromatic heterocycles. The number of aliphatic imine (C=N–C) groups is 1. The molecule has 0 fully saturated rings. The Balaban J connectivity index is 2.77. The molecule has 0 heterocycles. The van der Waals surface area contributed by atoms with E-state index in [4.69, 9.17) is 0 Å². The van der Waals surface area contributed by atoms with Gasteiger partial charge in [0.25, 0.3) is 0 Å². The SMILES string of the molecule is CCC(CS(=O)(=O)c1ccccc1)NC(=NC)N(C)CC(=O)NC(C)(C)C. The quantitative estimate of drug-likeness (QED) is 0.540. The summed E-state index contributed by atoms with van der Waals surface area (Å²) in [7, 11) is -0.0575.